The van der Waals surface area contributed by atoms with Gasteiger partial charge in [-0.25, -0.2) is 0 Å². The Hall–Kier alpha value is -0.940. The Morgan fingerprint density at radius 1 is 1.08 bits per heavy atom. The fourth-order valence-corrected chi connectivity index (χ4v) is 3.23. The highest BCUT2D eigenvalue weighted by atomic mass is 79.9. The molecule has 0 amide bonds. The molecule has 25 heavy (non-hydrogen) atoms. The Kier molecular flexibility index (Phi) is 7.88. The highest BCUT2D eigenvalue weighted by Crippen LogP contribution is 2.37. The Morgan fingerprint density at radius 3 is 2.48 bits per heavy atom. The average molecular weight is 447 g/mol. The molecule has 0 radical (unpaired) electrons. The Bertz CT molecular complexity index is 723. The van der Waals surface area contributed by atoms with E-state index in [4.69, 9.17) is 32.7 Å². The van der Waals surface area contributed by atoms with E-state index in [9.17, 15) is 0 Å². The van der Waals surface area contributed by atoms with Crippen molar-refractivity contribution in [2.75, 3.05) is 13.7 Å². The van der Waals surface area contributed by atoms with Crippen LogP contribution in [0.15, 0.2) is 34.8 Å². The Balaban J connectivity index is 2.10. The van der Waals surface area contributed by atoms with E-state index in [-0.39, 0.29) is 0 Å². The average Bonchev–Trinajstić information content (AvgIpc) is 2.56. The predicted molar refractivity (Wildman–Crippen MR) is 108 cm³/mol. The maximum atomic E-state index is 6.05. The van der Waals surface area contributed by atoms with E-state index in [1.807, 2.05) is 18.2 Å². The number of hydrogen-bond acceptors (Lipinski definition) is 3. The van der Waals surface area contributed by atoms with Crippen LogP contribution in [0.3, 0.4) is 0 Å². The quantitative estimate of drug-likeness (QED) is 0.532. The van der Waals surface area contributed by atoms with Crippen molar-refractivity contribution in [3.63, 3.8) is 0 Å². The first-order valence-corrected chi connectivity index (χ1v) is 9.59. The second-order valence-electron chi connectivity index (χ2n) is 6.17. The summed E-state index contributed by atoms with van der Waals surface area (Å²) in [5.74, 6) is 1.97. The van der Waals surface area contributed by atoms with Gasteiger partial charge in [0.2, 0.25) is 0 Å². The fourth-order valence-electron chi connectivity index (χ4n) is 2.31. The van der Waals surface area contributed by atoms with E-state index in [1.165, 1.54) is 0 Å². The lowest BCUT2D eigenvalue weighted by atomic mass is 10.1. The van der Waals surface area contributed by atoms with E-state index in [0.29, 0.717) is 34.1 Å². The molecule has 0 aliphatic rings. The lowest BCUT2D eigenvalue weighted by Gasteiger charge is -2.15. The van der Waals surface area contributed by atoms with Gasteiger partial charge in [0.15, 0.2) is 11.5 Å². The lowest BCUT2D eigenvalue weighted by Crippen LogP contribution is -2.19. The zero-order valence-electron chi connectivity index (χ0n) is 14.5. The van der Waals surface area contributed by atoms with E-state index >= 15 is 0 Å². The highest BCUT2D eigenvalue weighted by Gasteiger charge is 2.12. The Labute approximate surface area is 167 Å². The molecule has 3 nitrogen and oxygen atoms in total. The molecule has 0 fully saturated rings. The second-order valence-corrected chi connectivity index (χ2v) is 7.84. The summed E-state index contributed by atoms with van der Waals surface area (Å²) in [6, 6.07) is 9.48. The molecule has 0 saturated heterocycles. The normalized spacial score (nSPS) is 11.0. The molecule has 0 atom stereocenters. The van der Waals surface area contributed by atoms with Crippen LogP contribution in [0.1, 0.15) is 25.0 Å². The summed E-state index contributed by atoms with van der Waals surface area (Å²) in [6.07, 6.45) is 0. The zero-order valence-corrected chi connectivity index (χ0v) is 17.6. The van der Waals surface area contributed by atoms with Crippen molar-refractivity contribution in [2.24, 2.45) is 5.92 Å². The van der Waals surface area contributed by atoms with Crippen LogP contribution in [0.5, 0.6) is 11.5 Å². The number of nitrogens with one attached hydrogen (secondary N) is 1. The molecule has 0 bridgehead atoms. The lowest BCUT2D eigenvalue weighted by molar-refractivity contribution is 0.282. The SMILES string of the molecule is COc1cc(CNCC(C)C)cc(Br)c1OCc1ccc(Cl)c(Cl)c1. The molecule has 0 heterocycles. The van der Waals surface area contributed by atoms with Gasteiger partial charge in [0.1, 0.15) is 6.61 Å². The van der Waals surface area contributed by atoms with Crippen molar-refractivity contribution in [1.29, 1.82) is 0 Å². The van der Waals surface area contributed by atoms with Crippen LogP contribution in [0.4, 0.5) is 0 Å². The van der Waals surface area contributed by atoms with Gasteiger partial charge in [-0.2, -0.15) is 0 Å². The zero-order chi connectivity index (χ0) is 18.4. The van der Waals surface area contributed by atoms with E-state index in [1.54, 1.807) is 19.2 Å². The summed E-state index contributed by atoms with van der Waals surface area (Å²) in [6.45, 7) is 6.49. The molecule has 0 aromatic heterocycles. The number of rotatable bonds is 8. The van der Waals surface area contributed by atoms with E-state index < -0.39 is 0 Å². The summed E-state index contributed by atoms with van der Waals surface area (Å²) in [5.41, 5.74) is 2.07. The van der Waals surface area contributed by atoms with Gasteiger partial charge in [0, 0.05) is 6.54 Å². The van der Waals surface area contributed by atoms with Crippen LogP contribution in [0.25, 0.3) is 0 Å². The molecule has 0 aliphatic carbocycles. The second kappa shape index (κ2) is 9.67. The third kappa shape index (κ3) is 6.07. The summed E-state index contributed by atoms with van der Waals surface area (Å²) in [4.78, 5) is 0. The summed E-state index contributed by atoms with van der Waals surface area (Å²) in [7, 11) is 1.64. The number of hydrogen-bond donors (Lipinski definition) is 1. The van der Waals surface area contributed by atoms with Crippen molar-refractivity contribution < 1.29 is 9.47 Å². The van der Waals surface area contributed by atoms with Crippen LogP contribution < -0.4 is 14.8 Å². The molecule has 0 saturated carbocycles. The maximum Gasteiger partial charge on any atom is 0.175 e. The minimum Gasteiger partial charge on any atom is -0.493 e. The molecule has 6 heteroatoms. The maximum absolute atomic E-state index is 6.05. The first-order valence-electron chi connectivity index (χ1n) is 8.04. The Morgan fingerprint density at radius 2 is 1.84 bits per heavy atom. The minimum absolute atomic E-state index is 0.372. The van der Waals surface area contributed by atoms with Gasteiger partial charge < -0.3 is 14.8 Å². The molecule has 2 aromatic carbocycles. The van der Waals surface area contributed by atoms with Crippen molar-refractivity contribution >= 4 is 39.1 Å². The third-order valence-corrected chi connectivity index (χ3v) is 4.87. The van der Waals surface area contributed by atoms with E-state index in [0.717, 1.165) is 28.7 Å². The standard InChI is InChI=1S/C19H22BrCl2NO2/c1-12(2)9-23-10-14-6-15(20)19(18(8-14)24-3)25-11-13-4-5-16(21)17(22)7-13/h4-8,12,23H,9-11H2,1-3H3. The van der Waals surface area contributed by atoms with Gasteiger partial charge in [-0.3, -0.25) is 0 Å². The van der Waals surface area contributed by atoms with Gasteiger partial charge in [0.05, 0.1) is 21.6 Å². The number of halogens is 3. The summed E-state index contributed by atoms with van der Waals surface area (Å²) >= 11 is 15.6. The first-order chi connectivity index (χ1) is 11.9. The van der Waals surface area contributed by atoms with Gasteiger partial charge >= 0.3 is 0 Å². The number of ether oxygens (including phenoxy) is 2. The largest absolute Gasteiger partial charge is 0.493 e. The predicted octanol–water partition coefficient (Wildman–Crippen LogP) is 6.09. The third-order valence-electron chi connectivity index (χ3n) is 3.54. The summed E-state index contributed by atoms with van der Waals surface area (Å²) in [5, 5.41) is 4.47. The van der Waals surface area contributed by atoms with Crippen molar-refractivity contribution in [3.05, 3.63) is 56.0 Å². The molecule has 1 N–H and O–H groups in total. The number of methoxy groups -OCH3 is 1. The van der Waals surface area contributed by atoms with E-state index in [2.05, 4.69) is 35.1 Å². The van der Waals surface area contributed by atoms with Crippen LogP contribution >= 0.6 is 39.1 Å². The van der Waals surface area contributed by atoms with Crippen molar-refractivity contribution in [3.8, 4) is 11.5 Å². The highest BCUT2D eigenvalue weighted by molar-refractivity contribution is 9.10. The molecule has 0 spiro atoms. The fraction of sp³-hybridized carbons (Fsp3) is 0.368. The van der Waals surface area contributed by atoms with Crippen LogP contribution in [0.2, 0.25) is 10.0 Å². The molecule has 0 aliphatic heterocycles. The first kappa shape index (κ1) is 20.4. The van der Waals surface area contributed by atoms with Gasteiger partial charge in [-0.05, 0) is 63.8 Å². The van der Waals surface area contributed by atoms with Gasteiger partial charge in [0.25, 0.3) is 0 Å². The van der Waals surface area contributed by atoms with Crippen molar-refractivity contribution in [1.82, 2.24) is 5.32 Å². The molecular weight excluding hydrogens is 425 g/mol. The van der Waals surface area contributed by atoms with Gasteiger partial charge in [-0.1, -0.05) is 43.1 Å². The molecule has 2 aromatic rings. The number of benzene rings is 2. The van der Waals surface area contributed by atoms with Crippen molar-refractivity contribution in [2.45, 2.75) is 27.0 Å². The van der Waals surface area contributed by atoms with Crippen LogP contribution in [-0.4, -0.2) is 13.7 Å². The molecular formula is C19H22BrCl2NO2. The van der Waals surface area contributed by atoms with Crippen LogP contribution in [-0.2, 0) is 13.2 Å². The van der Waals surface area contributed by atoms with Crippen LogP contribution in [0, 0.1) is 5.92 Å². The topological polar surface area (TPSA) is 30.5 Å². The summed E-state index contributed by atoms with van der Waals surface area (Å²) < 4.78 is 12.3. The van der Waals surface area contributed by atoms with Gasteiger partial charge in [-0.15, -0.1) is 0 Å². The molecule has 0 unspecified atom stereocenters. The minimum atomic E-state index is 0.372. The molecule has 2 rings (SSSR count). The molecule has 136 valence electrons. The monoisotopic (exact) mass is 445 g/mol. The smallest absolute Gasteiger partial charge is 0.175 e.